The third-order valence-corrected chi connectivity index (χ3v) is 5.19. The predicted molar refractivity (Wildman–Crippen MR) is 90.7 cm³/mol. The molecule has 24 heavy (non-hydrogen) atoms. The van der Waals surface area contributed by atoms with E-state index < -0.39 is 0 Å². The van der Waals surface area contributed by atoms with Crippen molar-refractivity contribution in [3.63, 3.8) is 0 Å². The third-order valence-electron chi connectivity index (χ3n) is 5.19. The fourth-order valence-electron chi connectivity index (χ4n) is 3.99. The Hall–Kier alpha value is -1.82. The summed E-state index contributed by atoms with van der Waals surface area (Å²) in [6.07, 6.45) is 5.57. The lowest BCUT2D eigenvalue weighted by atomic mass is 9.98. The molecule has 2 aliphatic rings. The number of hydrogen-bond acceptors (Lipinski definition) is 3. The molecule has 2 amide bonds. The topological polar surface area (TPSA) is 54.8 Å². The second-order valence-corrected chi connectivity index (χ2v) is 6.82. The van der Waals surface area contributed by atoms with E-state index >= 15 is 0 Å². The Bertz CT molecular complexity index is 592. The summed E-state index contributed by atoms with van der Waals surface area (Å²) in [6, 6.07) is 4.10. The van der Waals surface area contributed by atoms with E-state index in [0.717, 1.165) is 32.2 Å². The van der Waals surface area contributed by atoms with Gasteiger partial charge in [-0.2, -0.15) is 0 Å². The van der Waals surface area contributed by atoms with Gasteiger partial charge in [-0.25, -0.2) is 0 Å². The Kier molecular flexibility index (Phi) is 5.23. The molecule has 0 saturated carbocycles. The average molecular weight is 333 g/mol. The fourth-order valence-corrected chi connectivity index (χ4v) is 3.99. The van der Waals surface area contributed by atoms with Crippen LogP contribution in [0.4, 0.5) is 0 Å². The highest BCUT2D eigenvalue weighted by atomic mass is 16.5. The summed E-state index contributed by atoms with van der Waals surface area (Å²) < 4.78 is 7.29. The van der Waals surface area contributed by atoms with E-state index in [1.165, 1.54) is 0 Å². The van der Waals surface area contributed by atoms with E-state index in [9.17, 15) is 9.59 Å². The molecule has 0 aromatic carbocycles. The number of likely N-dealkylation sites (tertiary alicyclic amines) is 1. The van der Waals surface area contributed by atoms with Crippen LogP contribution in [0.15, 0.2) is 18.3 Å². The molecule has 1 atom stereocenters. The Morgan fingerprint density at radius 3 is 2.58 bits per heavy atom. The fraction of sp³-hybridized carbons (Fsp3) is 0.667. The number of aromatic nitrogens is 1. The maximum Gasteiger partial charge on any atom is 0.270 e. The van der Waals surface area contributed by atoms with Crippen LogP contribution in [0.3, 0.4) is 0 Å². The highest BCUT2D eigenvalue weighted by Gasteiger charge is 2.34. The van der Waals surface area contributed by atoms with Gasteiger partial charge >= 0.3 is 0 Å². The van der Waals surface area contributed by atoms with Crippen LogP contribution < -0.4 is 0 Å². The first-order valence-electron chi connectivity index (χ1n) is 8.85. The van der Waals surface area contributed by atoms with E-state index in [4.69, 9.17) is 4.74 Å². The standard InChI is InChI=1S/C18H27N3O3/c1-14(22)21(15-7-11-24-12-8-15)16-5-3-10-20(13-16)18(23)17-6-4-9-19(17)2/h4,6,9,15-16H,3,5,7-8,10-13H2,1-2H3. The van der Waals surface area contributed by atoms with Crippen LogP contribution in [0.2, 0.25) is 0 Å². The zero-order valence-electron chi connectivity index (χ0n) is 14.6. The van der Waals surface area contributed by atoms with Gasteiger partial charge in [-0.05, 0) is 37.8 Å². The first kappa shape index (κ1) is 17.0. The molecule has 132 valence electrons. The summed E-state index contributed by atoms with van der Waals surface area (Å²) in [7, 11) is 1.89. The van der Waals surface area contributed by atoms with E-state index in [1.54, 1.807) is 6.92 Å². The van der Waals surface area contributed by atoms with Crippen LogP contribution in [-0.4, -0.2) is 64.6 Å². The van der Waals surface area contributed by atoms with Crippen LogP contribution in [0.25, 0.3) is 0 Å². The summed E-state index contributed by atoms with van der Waals surface area (Å²) in [6.45, 7) is 4.47. The van der Waals surface area contributed by atoms with Crippen molar-refractivity contribution in [3.05, 3.63) is 24.0 Å². The molecule has 3 heterocycles. The molecule has 2 saturated heterocycles. The largest absolute Gasteiger partial charge is 0.381 e. The first-order chi connectivity index (χ1) is 11.6. The molecule has 0 N–H and O–H groups in total. The van der Waals surface area contributed by atoms with Gasteiger partial charge in [-0.1, -0.05) is 0 Å². The van der Waals surface area contributed by atoms with Crippen LogP contribution in [0.5, 0.6) is 0 Å². The molecule has 1 aromatic heterocycles. The second-order valence-electron chi connectivity index (χ2n) is 6.82. The molecule has 6 heteroatoms. The monoisotopic (exact) mass is 333 g/mol. The van der Waals surface area contributed by atoms with Crippen molar-refractivity contribution in [3.8, 4) is 0 Å². The van der Waals surface area contributed by atoms with Gasteiger partial charge in [0.1, 0.15) is 5.69 Å². The lowest BCUT2D eigenvalue weighted by Gasteiger charge is -2.43. The predicted octanol–water partition coefficient (Wildman–Crippen LogP) is 1.66. The van der Waals surface area contributed by atoms with Crippen molar-refractivity contribution in [2.24, 2.45) is 7.05 Å². The number of hydrogen-bond donors (Lipinski definition) is 0. The molecule has 3 rings (SSSR count). The number of nitrogens with zero attached hydrogens (tertiary/aromatic N) is 3. The number of amides is 2. The maximum absolute atomic E-state index is 12.8. The number of piperidine rings is 1. The van der Waals surface area contributed by atoms with E-state index in [2.05, 4.69) is 0 Å². The molecular formula is C18H27N3O3. The normalized spacial score (nSPS) is 22.4. The molecule has 1 aromatic rings. The SMILES string of the molecule is CC(=O)N(C1CCOCC1)C1CCCN(C(=O)c2cccn2C)C1. The van der Waals surface area contributed by atoms with Gasteiger partial charge in [0.05, 0.1) is 0 Å². The number of ether oxygens (including phenoxy) is 1. The third kappa shape index (κ3) is 3.48. The van der Waals surface area contributed by atoms with Gasteiger partial charge in [0.15, 0.2) is 0 Å². The summed E-state index contributed by atoms with van der Waals surface area (Å²) in [5, 5.41) is 0. The maximum atomic E-state index is 12.8. The lowest BCUT2D eigenvalue weighted by Crippen LogP contribution is -2.55. The van der Waals surface area contributed by atoms with Gasteiger partial charge in [0, 0.05) is 58.6 Å². The van der Waals surface area contributed by atoms with E-state index in [1.807, 2.05) is 39.7 Å². The molecule has 0 aliphatic carbocycles. The van der Waals surface area contributed by atoms with Gasteiger partial charge in [-0.15, -0.1) is 0 Å². The van der Waals surface area contributed by atoms with Crippen molar-refractivity contribution in [2.45, 2.75) is 44.7 Å². The quantitative estimate of drug-likeness (QED) is 0.845. The second kappa shape index (κ2) is 7.38. The van der Waals surface area contributed by atoms with Gasteiger partial charge in [-0.3, -0.25) is 9.59 Å². The molecule has 6 nitrogen and oxygen atoms in total. The molecule has 1 unspecified atom stereocenters. The van der Waals surface area contributed by atoms with Crippen molar-refractivity contribution >= 4 is 11.8 Å². The number of carbonyl (C=O) groups excluding carboxylic acids is 2. The van der Waals surface area contributed by atoms with Crippen molar-refractivity contribution in [1.82, 2.24) is 14.4 Å². The molecule has 2 fully saturated rings. The van der Waals surface area contributed by atoms with Crippen LogP contribution in [-0.2, 0) is 16.6 Å². The Balaban J connectivity index is 1.72. The Labute approximate surface area is 143 Å². The van der Waals surface area contributed by atoms with Crippen LogP contribution in [0, 0.1) is 0 Å². The summed E-state index contributed by atoms with van der Waals surface area (Å²) in [5.74, 6) is 0.169. The molecule has 0 bridgehead atoms. The van der Waals surface area contributed by atoms with Crippen LogP contribution in [0.1, 0.15) is 43.1 Å². The minimum atomic E-state index is 0.0580. The van der Waals surface area contributed by atoms with Crippen molar-refractivity contribution in [1.29, 1.82) is 0 Å². The summed E-state index contributed by atoms with van der Waals surface area (Å²) in [5.41, 5.74) is 0.705. The van der Waals surface area contributed by atoms with Gasteiger partial charge in [0.25, 0.3) is 5.91 Å². The zero-order chi connectivity index (χ0) is 17.1. The molecule has 2 aliphatic heterocycles. The number of carbonyl (C=O) groups is 2. The highest BCUT2D eigenvalue weighted by molar-refractivity contribution is 5.92. The first-order valence-corrected chi connectivity index (χ1v) is 8.85. The van der Waals surface area contributed by atoms with Gasteiger partial charge in [0.2, 0.25) is 5.91 Å². The number of aryl methyl sites for hydroxylation is 1. The molecule has 0 spiro atoms. The highest BCUT2D eigenvalue weighted by Crippen LogP contribution is 2.24. The van der Waals surface area contributed by atoms with Crippen molar-refractivity contribution in [2.75, 3.05) is 26.3 Å². The smallest absolute Gasteiger partial charge is 0.270 e. The average Bonchev–Trinajstić information content (AvgIpc) is 3.01. The zero-order valence-corrected chi connectivity index (χ0v) is 14.6. The van der Waals surface area contributed by atoms with E-state index in [-0.39, 0.29) is 23.9 Å². The lowest BCUT2D eigenvalue weighted by molar-refractivity contribution is -0.137. The molecular weight excluding hydrogens is 306 g/mol. The minimum Gasteiger partial charge on any atom is -0.381 e. The summed E-state index contributed by atoms with van der Waals surface area (Å²) in [4.78, 5) is 29.0. The summed E-state index contributed by atoms with van der Waals surface area (Å²) >= 11 is 0. The Morgan fingerprint density at radius 2 is 1.96 bits per heavy atom. The van der Waals surface area contributed by atoms with Gasteiger partial charge < -0.3 is 19.1 Å². The minimum absolute atomic E-state index is 0.0580. The van der Waals surface area contributed by atoms with Crippen molar-refractivity contribution < 1.29 is 14.3 Å². The van der Waals surface area contributed by atoms with Crippen LogP contribution >= 0.6 is 0 Å². The Morgan fingerprint density at radius 1 is 1.21 bits per heavy atom. The number of rotatable bonds is 3. The molecule has 0 radical (unpaired) electrons. The van der Waals surface area contributed by atoms with E-state index in [0.29, 0.717) is 25.5 Å².